The highest BCUT2D eigenvalue weighted by atomic mass is 16.6. The highest BCUT2D eigenvalue weighted by Crippen LogP contribution is 2.15. The Morgan fingerprint density at radius 1 is 1.70 bits per heavy atom. The number of methoxy groups -OCH3 is 1. The molecule has 1 heterocycles. The van der Waals surface area contributed by atoms with Crippen LogP contribution in [0.4, 0.5) is 0 Å². The van der Waals surface area contributed by atoms with Gasteiger partial charge in [0.2, 0.25) is 0 Å². The summed E-state index contributed by atoms with van der Waals surface area (Å²) in [6.45, 7) is 3.15. The maximum Gasteiger partial charge on any atom is 0.169 e. The third kappa shape index (κ3) is 1.68. The van der Waals surface area contributed by atoms with Gasteiger partial charge in [-0.2, -0.15) is 0 Å². The Morgan fingerprint density at radius 2 is 2.40 bits per heavy atom. The minimum Gasteiger partial charge on any atom is -0.367 e. The van der Waals surface area contributed by atoms with Crippen LogP contribution in [0.15, 0.2) is 0 Å². The maximum atomic E-state index is 9.19. The Bertz CT molecular complexity index is 108. The van der Waals surface area contributed by atoms with Crippen molar-refractivity contribution in [3.05, 3.63) is 0 Å². The first kappa shape index (κ1) is 7.98. The van der Waals surface area contributed by atoms with E-state index in [1.54, 1.807) is 0 Å². The van der Waals surface area contributed by atoms with Gasteiger partial charge in [0.25, 0.3) is 0 Å². The summed E-state index contributed by atoms with van der Waals surface area (Å²) in [5.41, 5.74) is 0. The topological polar surface area (TPSA) is 41.5 Å². The number of aliphatic hydroxyl groups excluding tert-OH is 1. The van der Waals surface area contributed by atoms with E-state index in [4.69, 9.17) is 4.74 Å². The molecule has 0 saturated carbocycles. The molecule has 1 saturated heterocycles. The van der Waals surface area contributed by atoms with Gasteiger partial charge in [0.05, 0.1) is 6.04 Å². The summed E-state index contributed by atoms with van der Waals surface area (Å²) in [5, 5.41) is 12.4. The second-order valence-corrected chi connectivity index (χ2v) is 2.98. The predicted octanol–water partition coefficient (Wildman–Crippen LogP) is -0.0508. The van der Waals surface area contributed by atoms with Gasteiger partial charge in [-0.15, -0.1) is 0 Å². The van der Waals surface area contributed by atoms with E-state index >= 15 is 0 Å². The molecule has 1 rings (SSSR count). The molecular weight excluding hydrogens is 130 g/mol. The number of hydrogen-bond donors (Lipinski definition) is 2. The lowest BCUT2D eigenvalue weighted by Crippen LogP contribution is -2.35. The standard InChI is InChI=1S/C7H15NO2/c1-5-3-6(8-4-5)7(9)10-2/h5-9H,3-4H2,1-2H3. The second-order valence-electron chi connectivity index (χ2n) is 2.98. The summed E-state index contributed by atoms with van der Waals surface area (Å²) >= 11 is 0. The highest BCUT2D eigenvalue weighted by Gasteiger charge is 2.26. The molecule has 0 amide bonds. The van der Waals surface area contributed by atoms with Gasteiger partial charge >= 0.3 is 0 Å². The van der Waals surface area contributed by atoms with Gasteiger partial charge in [-0.05, 0) is 18.9 Å². The SMILES string of the molecule is COC(O)C1CC(C)CN1. The summed E-state index contributed by atoms with van der Waals surface area (Å²) in [6.07, 6.45) is 0.375. The second kappa shape index (κ2) is 3.32. The molecule has 2 N–H and O–H groups in total. The Kier molecular flexibility index (Phi) is 2.65. The minimum atomic E-state index is -0.634. The van der Waals surface area contributed by atoms with Crippen LogP contribution in [0.3, 0.4) is 0 Å². The van der Waals surface area contributed by atoms with Crippen LogP contribution in [0, 0.1) is 5.92 Å². The molecule has 1 fully saturated rings. The largest absolute Gasteiger partial charge is 0.367 e. The summed E-state index contributed by atoms with van der Waals surface area (Å²) in [4.78, 5) is 0. The quantitative estimate of drug-likeness (QED) is 0.535. The molecule has 1 aliphatic heterocycles. The van der Waals surface area contributed by atoms with Gasteiger partial charge in [0.15, 0.2) is 6.29 Å². The van der Waals surface area contributed by atoms with Crippen LogP contribution < -0.4 is 5.32 Å². The minimum absolute atomic E-state index is 0.139. The Morgan fingerprint density at radius 3 is 2.80 bits per heavy atom. The third-order valence-electron chi connectivity index (χ3n) is 1.97. The average molecular weight is 145 g/mol. The lowest BCUT2D eigenvalue weighted by molar-refractivity contribution is -0.0936. The normalized spacial score (nSPS) is 36.3. The molecule has 1 aliphatic rings. The van der Waals surface area contributed by atoms with Crippen molar-refractivity contribution in [3.63, 3.8) is 0 Å². The summed E-state index contributed by atoms with van der Waals surface area (Å²) < 4.78 is 4.78. The number of nitrogens with one attached hydrogen (secondary N) is 1. The van der Waals surface area contributed by atoms with Gasteiger partial charge in [0, 0.05) is 7.11 Å². The van der Waals surface area contributed by atoms with E-state index in [0.29, 0.717) is 5.92 Å². The molecular formula is C7H15NO2. The monoisotopic (exact) mass is 145 g/mol. The van der Waals surface area contributed by atoms with Crippen molar-refractivity contribution in [2.45, 2.75) is 25.7 Å². The first-order chi connectivity index (χ1) is 4.74. The van der Waals surface area contributed by atoms with E-state index in [9.17, 15) is 5.11 Å². The zero-order valence-electron chi connectivity index (χ0n) is 6.50. The van der Waals surface area contributed by atoms with E-state index in [0.717, 1.165) is 13.0 Å². The zero-order chi connectivity index (χ0) is 7.56. The first-order valence-corrected chi connectivity index (χ1v) is 3.68. The van der Waals surface area contributed by atoms with Gasteiger partial charge in [-0.3, -0.25) is 0 Å². The fourth-order valence-electron chi connectivity index (χ4n) is 1.33. The molecule has 0 aromatic heterocycles. The molecule has 0 aliphatic carbocycles. The van der Waals surface area contributed by atoms with Crippen LogP contribution in [0.5, 0.6) is 0 Å². The van der Waals surface area contributed by atoms with Gasteiger partial charge < -0.3 is 15.2 Å². The molecule has 0 aromatic carbocycles. The van der Waals surface area contributed by atoms with E-state index < -0.39 is 6.29 Å². The average Bonchev–Trinajstić information content (AvgIpc) is 2.34. The molecule has 0 radical (unpaired) electrons. The predicted molar refractivity (Wildman–Crippen MR) is 38.6 cm³/mol. The third-order valence-corrected chi connectivity index (χ3v) is 1.97. The van der Waals surface area contributed by atoms with Crippen LogP contribution in [0.25, 0.3) is 0 Å². The Labute approximate surface area is 61.4 Å². The Balaban J connectivity index is 2.29. The molecule has 0 aromatic rings. The number of hydrogen-bond acceptors (Lipinski definition) is 3. The lowest BCUT2D eigenvalue weighted by Gasteiger charge is -2.15. The zero-order valence-corrected chi connectivity index (χ0v) is 6.50. The molecule has 3 nitrogen and oxygen atoms in total. The van der Waals surface area contributed by atoms with Gasteiger partial charge in [0.1, 0.15) is 0 Å². The van der Waals surface area contributed by atoms with E-state index in [2.05, 4.69) is 12.2 Å². The van der Waals surface area contributed by atoms with Crippen molar-refractivity contribution >= 4 is 0 Å². The number of rotatable bonds is 2. The fraction of sp³-hybridized carbons (Fsp3) is 1.00. The van der Waals surface area contributed by atoms with Crippen LogP contribution in [0.1, 0.15) is 13.3 Å². The number of aliphatic hydroxyl groups is 1. The van der Waals surface area contributed by atoms with Crippen LogP contribution in [-0.4, -0.2) is 31.1 Å². The molecule has 3 atom stereocenters. The van der Waals surface area contributed by atoms with Crippen molar-refractivity contribution in [1.29, 1.82) is 0 Å². The van der Waals surface area contributed by atoms with E-state index in [1.165, 1.54) is 7.11 Å². The van der Waals surface area contributed by atoms with Crippen molar-refractivity contribution in [2.75, 3.05) is 13.7 Å². The lowest BCUT2D eigenvalue weighted by atomic mass is 10.1. The molecule has 60 valence electrons. The number of ether oxygens (including phenoxy) is 1. The van der Waals surface area contributed by atoms with Gasteiger partial charge in [-0.25, -0.2) is 0 Å². The van der Waals surface area contributed by atoms with Gasteiger partial charge in [-0.1, -0.05) is 6.92 Å². The Hall–Kier alpha value is -0.120. The summed E-state index contributed by atoms with van der Waals surface area (Å²) in [7, 11) is 1.52. The molecule has 0 bridgehead atoms. The molecule has 0 spiro atoms. The first-order valence-electron chi connectivity index (χ1n) is 3.68. The van der Waals surface area contributed by atoms with Crippen molar-refractivity contribution < 1.29 is 9.84 Å². The molecule has 3 heteroatoms. The fourth-order valence-corrected chi connectivity index (χ4v) is 1.33. The smallest absolute Gasteiger partial charge is 0.169 e. The van der Waals surface area contributed by atoms with Crippen LogP contribution in [0.2, 0.25) is 0 Å². The maximum absolute atomic E-state index is 9.19. The molecule has 3 unspecified atom stereocenters. The summed E-state index contributed by atoms with van der Waals surface area (Å²) in [6, 6.07) is 0.139. The van der Waals surface area contributed by atoms with Crippen LogP contribution in [-0.2, 0) is 4.74 Å². The van der Waals surface area contributed by atoms with Crippen molar-refractivity contribution in [3.8, 4) is 0 Å². The van der Waals surface area contributed by atoms with Crippen molar-refractivity contribution in [1.82, 2.24) is 5.32 Å². The summed E-state index contributed by atoms with van der Waals surface area (Å²) in [5.74, 6) is 0.662. The van der Waals surface area contributed by atoms with E-state index in [1.807, 2.05) is 0 Å². The van der Waals surface area contributed by atoms with Crippen LogP contribution >= 0.6 is 0 Å². The highest BCUT2D eigenvalue weighted by molar-refractivity contribution is 4.80. The van der Waals surface area contributed by atoms with Crippen molar-refractivity contribution in [2.24, 2.45) is 5.92 Å². The molecule has 10 heavy (non-hydrogen) atoms. The van der Waals surface area contributed by atoms with E-state index in [-0.39, 0.29) is 6.04 Å².